The topological polar surface area (TPSA) is 54.3 Å². The zero-order chi connectivity index (χ0) is 17.3. The average Bonchev–Trinajstić information content (AvgIpc) is 3.02. The van der Waals surface area contributed by atoms with Crippen LogP contribution in [0.2, 0.25) is 0 Å². The molecule has 1 aromatic carbocycles. The number of aromatic hydroxyl groups is 1. The lowest BCUT2D eigenvalue weighted by atomic mass is 10.0. The standard InChI is InChI=1S/C17H17F3N2O2/c18-17(19,20)12-3-4-13(15(23)8-12)14-2-1-7-22(16(14)24)10-11-5-6-21-9-11/h1-4,7-8,11,21,23H,5-6,9-10H2/t11-/m1/s1. The minimum atomic E-state index is -4.54. The molecule has 2 N–H and O–H groups in total. The van der Waals surface area contributed by atoms with E-state index in [0.717, 1.165) is 31.6 Å². The largest absolute Gasteiger partial charge is 0.507 e. The molecule has 0 saturated carbocycles. The van der Waals surface area contributed by atoms with E-state index >= 15 is 0 Å². The summed E-state index contributed by atoms with van der Waals surface area (Å²) in [6.07, 6.45) is -1.91. The molecule has 0 radical (unpaired) electrons. The predicted molar refractivity (Wildman–Crippen MR) is 83.8 cm³/mol. The van der Waals surface area contributed by atoms with Crippen molar-refractivity contribution in [2.75, 3.05) is 13.1 Å². The van der Waals surface area contributed by atoms with Gasteiger partial charge in [0, 0.05) is 18.3 Å². The molecule has 0 amide bonds. The van der Waals surface area contributed by atoms with E-state index in [1.807, 2.05) is 0 Å². The van der Waals surface area contributed by atoms with E-state index in [9.17, 15) is 23.1 Å². The van der Waals surface area contributed by atoms with Crippen LogP contribution >= 0.6 is 0 Å². The lowest BCUT2D eigenvalue weighted by Gasteiger charge is -2.14. The van der Waals surface area contributed by atoms with Gasteiger partial charge >= 0.3 is 6.18 Å². The van der Waals surface area contributed by atoms with Crippen LogP contribution in [-0.4, -0.2) is 22.8 Å². The van der Waals surface area contributed by atoms with Gasteiger partial charge in [0.25, 0.3) is 5.56 Å². The van der Waals surface area contributed by atoms with Crippen molar-refractivity contribution in [3.8, 4) is 16.9 Å². The Morgan fingerprint density at radius 3 is 2.67 bits per heavy atom. The van der Waals surface area contributed by atoms with Crippen molar-refractivity contribution in [2.45, 2.75) is 19.1 Å². The number of alkyl halides is 3. The van der Waals surface area contributed by atoms with Gasteiger partial charge in [-0.25, -0.2) is 0 Å². The SMILES string of the molecule is O=c1c(-c2ccc(C(F)(F)F)cc2O)cccn1C[C@@H]1CCNC1. The van der Waals surface area contributed by atoms with Gasteiger partial charge in [0.2, 0.25) is 0 Å². The molecular formula is C17H17F3N2O2. The van der Waals surface area contributed by atoms with Crippen molar-refractivity contribution in [3.63, 3.8) is 0 Å². The first-order valence-electron chi connectivity index (χ1n) is 7.67. The van der Waals surface area contributed by atoms with E-state index < -0.39 is 17.5 Å². The van der Waals surface area contributed by atoms with E-state index in [4.69, 9.17) is 0 Å². The maximum absolute atomic E-state index is 12.7. The van der Waals surface area contributed by atoms with Crippen molar-refractivity contribution in [1.82, 2.24) is 9.88 Å². The number of rotatable bonds is 3. The van der Waals surface area contributed by atoms with Gasteiger partial charge in [0.05, 0.1) is 11.1 Å². The summed E-state index contributed by atoms with van der Waals surface area (Å²) in [7, 11) is 0. The minimum Gasteiger partial charge on any atom is -0.507 e. The molecule has 1 fully saturated rings. The van der Waals surface area contributed by atoms with Crippen molar-refractivity contribution < 1.29 is 18.3 Å². The third-order valence-electron chi connectivity index (χ3n) is 4.25. The quantitative estimate of drug-likeness (QED) is 0.905. The summed E-state index contributed by atoms with van der Waals surface area (Å²) < 4.78 is 39.6. The van der Waals surface area contributed by atoms with Crippen molar-refractivity contribution in [3.05, 3.63) is 52.4 Å². The number of pyridine rings is 1. The third-order valence-corrected chi connectivity index (χ3v) is 4.25. The van der Waals surface area contributed by atoms with Crippen LogP contribution in [0, 0.1) is 5.92 Å². The molecule has 7 heteroatoms. The molecule has 1 aliphatic rings. The maximum atomic E-state index is 12.7. The lowest BCUT2D eigenvalue weighted by Crippen LogP contribution is -2.25. The first-order valence-corrected chi connectivity index (χ1v) is 7.67. The van der Waals surface area contributed by atoms with Crippen LogP contribution < -0.4 is 10.9 Å². The molecule has 0 unspecified atom stereocenters. The number of halogens is 3. The minimum absolute atomic E-state index is 0.104. The number of phenols is 1. The second-order valence-electron chi connectivity index (χ2n) is 5.97. The molecule has 1 saturated heterocycles. The number of hydrogen-bond acceptors (Lipinski definition) is 3. The monoisotopic (exact) mass is 338 g/mol. The lowest BCUT2D eigenvalue weighted by molar-refractivity contribution is -0.137. The van der Waals surface area contributed by atoms with E-state index in [2.05, 4.69) is 5.32 Å². The summed E-state index contributed by atoms with van der Waals surface area (Å²) in [6, 6.07) is 5.82. The normalized spacial score (nSPS) is 18.0. The van der Waals surface area contributed by atoms with Gasteiger partial charge in [0.15, 0.2) is 0 Å². The molecule has 0 aliphatic carbocycles. The van der Waals surface area contributed by atoms with Crippen LogP contribution in [0.15, 0.2) is 41.3 Å². The molecular weight excluding hydrogens is 321 g/mol. The molecule has 4 nitrogen and oxygen atoms in total. The first kappa shape index (κ1) is 16.6. The zero-order valence-electron chi connectivity index (χ0n) is 12.8. The number of nitrogens with one attached hydrogen (secondary N) is 1. The second-order valence-corrected chi connectivity index (χ2v) is 5.97. The second kappa shape index (κ2) is 6.32. The van der Waals surface area contributed by atoms with Gasteiger partial charge < -0.3 is 15.0 Å². The van der Waals surface area contributed by atoms with Crippen molar-refractivity contribution in [2.24, 2.45) is 5.92 Å². The van der Waals surface area contributed by atoms with E-state index in [0.29, 0.717) is 18.5 Å². The predicted octanol–water partition coefficient (Wildman–Crippen LogP) is 2.85. The highest BCUT2D eigenvalue weighted by atomic mass is 19.4. The highest BCUT2D eigenvalue weighted by molar-refractivity contribution is 5.69. The van der Waals surface area contributed by atoms with Crippen molar-refractivity contribution in [1.29, 1.82) is 0 Å². The fourth-order valence-electron chi connectivity index (χ4n) is 2.97. The summed E-state index contributed by atoms with van der Waals surface area (Å²) in [5, 5.41) is 13.2. The molecule has 3 rings (SSSR count). The van der Waals surface area contributed by atoms with Gasteiger partial charge in [-0.2, -0.15) is 13.2 Å². The highest BCUT2D eigenvalue weighted by Gasteiger charge is 2.31. The Morgan fingerprint density at radius 1 is 1.25 bits per heavy atom. The molecule has 24 heavy (non-hydrogen) atoms. The molecule has 1 aromatic heterocycles. The molecule has 2 aromatic rings. The van der Waals surface area contributed by atoms with Gasteiger partial charge in [-0.05, 0) is 55.8 Å². The van der Waals surface area contributed by atoms with Gasteiger partial charge in [-0.3, -0.25) is 4.79 Å². The van der Waals surface area contributed by atoms with Crippen LogP contribution in [-0.2, 0) is 12.7 Å². The first-order chi connectivity index (χ1) is 11.4. The highest BCUT2D eigenvalue weighted by Crippen LogP contribution is 2.35. The summed E-state index contributed by atoms with van der Waals surface area (Å²) in [5.41, 5.74) is -0.974. The molecule has 0 bridgehead atoms. The zero-order valence-corrected chi connectivity index (χ0v) is 12.8. The smallest absolute Gasteiger partial charge is 0.416 e. The van der Waals surface area contributed by atoms with Gasteiger partial charge in [-0.1, -0.05) is 0 Å². The Kier molecular flexibility index (Phi) is 4.36. The van der Waals surface area contributed by atoms with Crippen LogP contribution in [0.25, 0.3) is 11.1 Å². The molecule has 2 heterocycles. The van der Waals surface area contributed by atoms with Crippen LogP contribution in [0.3, 0.4) is 0 Å². The van der Waals surface area contributed by atoms with E-state index in [1.54, 1.807) is 16.8 Å². The fourth-order valence-corrected chi connectivity index (χ4v) is 2.97. The van der Waals surface area contributed by atoms with Gasteiger partial charge in [0.1, 0.15) is 5.75 Å². The number of benzene rings is 1. The molecule has 1 atom stereocenters. The van der Waals surface area contributed by atoms with Gasteiger partial charge in [-0.15, -0.1) is 0 Å². The van der Waals surface area contributed by atoms with E-state index in [-0.39, 0.29) is 16.7 Å². The van der Waals surface area contributed by atoms with Crippen LogP contribution in [0.4, 0.5) is 13.2 Å². The number of hydrogen-bond donors (Lipinski definition) is 2. The number of nitrogens with zero attached hydrogens (tertiary/aromatic N) is 1. The summed E-state index contributed by atoms with van der Waals surface area (Å²) in [5.74, 6) is -0.207. The van der Waals surface area contributed by atoms with Crippen molar-refractivity contribution >= 4 is 0 Å². The van der Waals surface area contributed by atoms with E-state index in [1.165, 1.54) is 6.07 Å². The Balaban J connectivity index is 1.96. The van der Waals surface area contributed by atoms with Crippen LogP contribution in [0.1, 0.15) is 12.0 Å². The van der Waals surface area contributed by atoms with Crippen LogP contribution in [0.5, 0.6) is 5.75 Å². The average molecular weight is 338 g/mol. The summed E-state index contributed by atoms with van der Waals surface area (Å²) in [6.45, 7) is 2.29. The molecule has 0 spiro atoms. The summed E-state index contributed by atoms with van der Waals surface area (Å²) >= 11 is 0. The molecule has 128 valence electrons. The maximum Gasteiger partial charge on any atom is 0.416 e. The Bertz CT molecular complexity index is 793. The Hall–Kier alpha value is -2.28. The molecule has 1 aliphatic heterocycles. The third kappa shape index (κ3) is 3.31. The number of aromatic nitrogens is 1. The fraction of sp³-hybridized carbons (Fsp3) is 0.353. The Labute approximate surface area is 136 Å². The number of phenolic OH excluding ortho intramolecular Hbond substituents is 1. The Morgan fingerprint density at radius 2 is 2.04 bits per heavy atom. The summed E-state index contributed by atoms with van der Waals surface area (Å²) in [4.78, 5) is 12.6.